The number of carbonyl (C=O) groups is 4. The molecule has 0 unspecified atom stereocenters. The number of oxazole rings is 2. The Bertz CT molecular complexity index is 1900. The molecule has 15 nitrogen and oxygen atoms in total. The van der Waals surface area contributed by atoms with Crippen LogP contribution in [0.15, 0.2) is 57.8 Å². The Morgan fingerprint density at radius 1 is 0.683 bits per heavy atom. The van der Waals surface area contributed by atoms with Crippen molar-refractivity contribution in [3.8, 4) is 0 Å². The third-order valence-corrected chi connectivity index (χ3v) is 8.41. The van der Waals surface area contributed by atoms with E-state index in [1.807, 2.05) is 38.1 Å². The van der Waals surface area contributed by atoms with Gasteiger partial charge in [-0.2, -0.15) is 9.97 Å². The second-order valence-corrected chi connectivity index (χ2v) is 16.6. The molecule has 2 aromatic heterocycles. The number of benzene rings is 2. The van der Waals surface area contributed by atoms with E-state index in [0.717, 1.165) is 88.0 Å². The first kappa shape index (κ1) is 58.5. The van der Waals surface area contributed by atoms with Gasteiger partial charge in [-0.05, 0) is 98.8 Å². The van der Waals surface area contributed by atoms with Crippen molar-refractivity contribution < 1.29 is 73.0 Å². The van der Waals surface area contributed by atoms with Crippen LogP contribution < -0.4 is 45.5 Å². The van der Waals surface area contributed by atoms with Crippen LogP contribution in [0, 0.1) is 51.4 Å². The standard InChI is InChI=1S/C20H31N3O.C12H12N2O2.C8H19N.C6H9BO6.Na.H/c1-14(2)10-23(11-15(3)4)12-18-13-24-20(21-18)22-19-9-7-8-16(5)17(19)6;1-8-4-3-5-11(9(8)2)14-12-13-10(6-15)7-16-12;1-7(2)5-9-6-8(3)4;1-4(8)11-7(12-5(2)9)13-6(3)10;;/h7-9,13-15H,10-12H2,1-6H3,(H,21,22);3-7H,1-2H3,(H,13,14);7-9H,5-6H2,1-4H3;1-3H3;;/q;;;;+1;-1. The Morgan fingerprint density at radius 3 is 1.46 bits per heavy atom. The minimum atomic E-state index is -1.59. The number of rotatable bonds is 18. The average molecular weight is 887 g/mol. The van der Waals surface area contributed by atoms with Crippen molar-refractivity contribution >= 4 is 54.9 Å². The molecule has 0 radical (unpaired) electrons. The van der Waals surface area contributed by atoms with E-state index < -0.39 is 25.2 Å². The molecule has 344 valence electrons. The van der Waals surface area contributed by atoms with Crippen LogP contribution in [-0.2, 0) is 34.9 Å². The monoisotopic (exact) mass is 887 g/mol. The molecule has 0 aliphatic heterocycles. The maximum absolute atomic E-state index is 10.4. The number of nitrogens with one attached hydrogen (secondary N) is 3. The van der Waals surface area contributed by atoms with Crippen molar-refractivity contribution in [2.45, 2.75) is 110 Å². The fraction of sp³-hybridized carbons (Fsp3) is 0.522. The van der Waals surface area contributed by atoms with Gasteiger partial charge >= 0.3 is 36.9 Å². The third-order valence-electron chi connectivity index (χ3n) is 8.41. The van der Waals surface area contributed by atoms with Crippen molar-refractivity contribution in [1.82, 2.24) is 20.2 Å². The van der Waals surface area contributed by atoms with Crippen LogP contribution in [0.4, 0.5) is 23.4 Å². The number of aldehydes is 1. The molecule has 2 heterocycles. The number of carbonyl (C=O) groups excluding carboxylic acids is 4. The van der Waals surface area contributed by atoms with Gasteiger partial charge in [0.05, 0.1) is 5.69 Å². The maximum atomic E-state index is 10.4. The van der Waals surface area contributed by atoms with E-state index in [9.17, 15) is 19.2 Å². The van der Waals surface area contributed by atoms with E-state index in [4.69, 9.17) is 8.83 Å². The van der Waals surface area contributed by atoms with Gasteiger partial charge in [-0.25, -0.2) is 0 Å². The zero-order valence-electron chi connectivity index (χ0n) is 41.6. The predicted octanol–water partition coefficient (Wildman–Crippen LogP) is 6.66. The number of nitrogens with zero attached hydrogens (tertiary/aromatic N) is 3. The van der Waals surface area contributed by atoms with Crippen molar-refractivity contribution in [3.05, 3.63) is 82.6 Å². The first-order valence-corrected chi connectivity index (χ1v) is 21.1. The van der Waals surface area contributed by atoms with Crippen molar-refractivity contribution in [3.63, 3.8) is 0 Å². The first-order valence-electron chi connectivity index (χ1n) is 21.1. The van der Waals surface area contributed by atoms with Gasteiger partial charge in [0.15, 0.2) is 6.29 Å². The summed E-state index contributed by atoms with van der Waals surface area (Å²) in [6.07, 6.45) is 3.74. The van der Waals surface area contributed by atoms with E-state index in [2.05, 4.69) is 126 Å². The summed E-state index contributed by atoms with van der Waals surface area (Å²) in [7, 11) is -1.59. The number of aryl methyl sites for hydroxylation is 2. The molecule has 0 amide bonds. The van der Waals surface area contributed by atoms with Crippen LogP contribution in [0.1, 0.15) is 116 Å². The Labute approximate surface area is 399 Å². The summed E-state index contributed by atoms with van der Waals surface area (Å²) in [5.41, 5.74) is 8.03. The molecule has 0 aliphatic carbocycles. The van der Waals surface area contributed by atoms with Crippen molar-refractivity contribution in [2.75, 3.05) is 36.8 Å². The summed E-state index contributed by atoms with van der Waals surface area (Å²) in [5.74, 6) is 0.700. The smallest absolute Gasteiger partial charge is 1.00 e. The summed E-state index contributed by atoms with van der Waals surface area (Å²) in [6, 6.07) is 13.0. The minimum absolute atomic E-state index is 0. The van der Waals surface area contributed by atoms with Gasteiger partial charge in [0.2, 0.25) is 0 Å². The molecule has 4 rings (SSSR count). The van der Waals surface area contributed by atoms with Crippen LogP contribution in [0.2, 0.25) is 0 Å². The van der Waals surface area contributed by atoms with Crippen molar-refractivity contribution in [2.24, 2.45) is 23.7 Å². The van der Waals surface area contributed by atoms with Gasteiger partial charge in [0, 0.05) is 51.8 Å². The van der Waals surface area contributed by atoms with Crippen LogP contribution >= 0.6 is 0 Å². The van der Waals surface area contributed by atoms with Crippen LogP contribution in [0.5, 0.6) is 0 Å². The summed E-state index contributed by atoms with van der Waals surface area (Å²) in [4.78, 5) is 52.7. The molecule has 0 bridgehead atoms. The van der Waals surface area contributed by atoms with E-state index in [0.29, 0.717) is 30.2 Å². The average Bonchev–Trinajstić information content (AvgIpc) is 3.80. The van der Waals surface area contributed by atoms with E-state index >= 15 is 0 Å². The zero-order chi connectivity index (χ0) is 46.9. The van der Waals surface area contributed by atoms with Gasteiger partial charge < -0.3 is 40.2 Å². The van der Waals surface area contributed by atoms with Gasteiger partial charge in [-0.15, -0.1) is 0 Å². The molecule has 2 aromatic carbocycles. The number of hydrogen-bond acceptors (Lipinski definition) is 15. The molecule has 63 heavy (non-hydrogen) atoms. The Balaban J connectivity index is 0. The third kappa shape index (κ3) is 26.7. The summed E-state index contributed by atoms with van der Waals surface area (Å²) in [5, 5.41) is 9.71. The first-order chi connectivity index (χ1) is 29.1. The zero-order valence-corrected chi connectivity index (χ0v) is 42.6. The molecule has 0 aliphatic rings. The molecule has 17 heteroatoms. The molecule has 0 fully saturated rings. The molecule has 3 N–H and O–H groups in total. The van der Waals surface area contributed by atoms with Crippen LogP contribution in [0.3, 0.4) is 0 Å². The predicted molar refractivity (Wildman–Crippen MR) is 246 cm³/mol. The quantitative estimate of drug-likeness (QED) is 0.0711. The minimum Gasteiger partial charge on any atom is -1.00 e. The second kappa shape index (κ2) is 31.4. The van der Waals surface area contributed by atoms with Gasteiger partial charge in [0.1, 0.15) is 18.2 Å². The maximum Gasteiger partial charge on any atom is 1.00 e. The number of aromatic nitrogens is 2. The Hall–Kier alpha value is -4.48. The molecule has 4 aromatic rings. The summed E-state index contributed by atoms with van der Waals surface area (Å²) < 4.78 is 23.8. The molecular formula is C46H72BN6NaO9. The van der Waals surface area contributed by atoms with E-state index in [1.165, 1.54) is 23.0 Å². The Kier molecular flexibility index (Phi) is 29.2. The second-order valence-electron chi connectivity index (χ2n) is 16.6. The molecule has 0 spiro atoms. The SMILES string of the molecule is CC(=O)OB(OC(C)=O)OC(C)=O.CC(C)CNCC(C)C.Cc1cccc(Nc2nc(C=O)co2)c1C.Cc1cccc(Nc2nc(CN(CC(C)C)CC(C)C)co2)c1C.[H-].[Na+]. The molecule has 0 saturated heterocycles. The van der Waals surface area contributed by atoms with Crippen LogP contribution in [0.25, 0.3) is 0 Å². The largest absolute Gasteiger partial charge is 1.00 e. The number of anilines is 4. The Morgan fingerprint density at radius 2 is 1.10 bits per heavy atom. The van der Waals surface area contributed by atoms with Gasteiger partial charge in [-0.3, -0.25) is 24.1 Å². The van der Waals surface area contributed by atoms with Gasteiger partial charge in [0.25, 0.3) is 29.9 Å². The fourth-order valence-corrected chi connectivity index (χ4v) is 5.44. The number of hydrogen-bond donors (Lipinski definition) is 3. The van der Waals surface area contributed by atoms with E-state index in [-0.39, 0.29) is 36.7 Å². The van der Waals surface area contributed by atoms with Gasteiger partial charge in [-0.1, -0.05) is 79.7 Å². The molecule has 0 saturated carbocycles. The van der Waals surface area contributed by atoms with Crippen molar-refractivity contribution in [1.29, 1.82) is 0 Å². The fourth-order valence-electron chi connectivity index (χ4n) is 5.44. The summed E-state index contributed by atoms with van der Waals surface area (Å²) >= 11 is 0. The molecular weight excluding hydrogens is 814 g/mol. The topological polar surface area (TPSA) is 187 Å². The summed E-state index contributed by atoms with van der Waals surface area (Å²) in [6.45, 7) is 34.8. The van der Waals surface area contributed by atoms with E-state index in [1.54, 1.807) is 6.26 Å². The van der Waals surface area contributed by atoms with Crippen LogP contribution in [-0.4, -0.2) is 72.6 Å². The molecule has 0 atom stereocenters. The normalized spacial score (nSPS) is 10.4.